The van der Waals surface area contributed by atoms with Gasteiger partial charge in [0, 0.05) is 31.9 Å². The van der Waals surface area contributed by atoms with E-state index in [1.54, 1.807) is 12.3 Å². The number of likely N-dealkylation sites (N-methyl/N-ethyl adjacent to an activating group) is 1. The lowest BCUT2D eigenvalue weighted by Gasteiger charge is -2.32. The quantitative estimate of drug-likeness (QED) is 0.781. The molecule has 0 aromatic carbocycles. The molecular weight excluding hydrogens is 216 g/mol. The number of nitrogens with two attached hydrogens (primary N) is 1. The summed E-state index contributed by atoms with van der Waals surface area (Å²) in [5.41, 5.74) is 6.96. The van der Waals surface area contributed by atoms with E-state index >= 15 is 0 Å². The summed E-state index contributed by atoms with van der Waals surface area (Å²) in [7, 11) is 2.07. The molecule has 0 aliphatic carbocycles. The molecule has 2 N–H and O–H groups in total. The minimum atomic E-state index is 0.148. The van der Waals surface area contributed by atoms with Crippen LogP contribution in [0, 0.1) is 0 Å². The Labute approximate surface area is 101 Å². The Kier molecular flexibility index (Phi) is 3.58. The number of carbonyl (C=O) groups is 1. The van der Waals surface area contributed by atoms with Gasteiger partial charge in [-0.15, -0.1) is 0 Å². The average molecular weight is 234 g/mol. The fourth-order valence-electron chi connectivity index (χ4n) is 1.86. The van der Waals surface area contributed by atoms with Crippen LogP contribution in [0.1, 0.15) is 5.69 Å². The molecule has 1 aliphatic rings. The second-order valence-electron chi connectivity index (χ2n) is 4.44. The predicted molar refractivity (Wildman–Crippen MR) is 66.4 cm³/mol. The maximum absolute atomic E-state index is 12.0. The largest absolute Gasteiger partial charge is 0.397 e. The fraction of sp³-hybridized carbons (Fsp3) is 0.500. The summed E-state index contributed by atoms with van der Waals surface area (Å²) in [5, 5.41) is 0. The standard InChI is InChI=1S/C12H18N4O/c1-15-4-6-16(7-5-15)12(17)8-11-3-2-10(13)9-14-11/h2-3,9H,4-8,13H2,1H3. The second kappa shape index (κ2) is 5.14. The Morgan fingerprint density at radius 1 is 1.35 bits per heavy atom. The zero-order valence-electron chi connectivity index (χ0n) is 10.1. The van der Waals surface area contributed by atoms with Crippen LogP contribution in [0.5, 0.6) is 0 Å². The zero-order valence-corrected chi connectivity index (χ0v) is 10.1. The van der Waals surface area contributed by atoms with Crippen LogP contribution < -0.4 is 5.73 Å². The highest BCUT2D eigenvalue weighted by Crippen LogP contribution is 2.06. The summed E-state index contributed by atoms with van der Waals surface area (Å²) in [6.45, 7) is 3.51. The Morgan fingerprint density at radius 3 is 2.65 bits per heavy atom. The monoisotopic (exact) mass is 234 g/mol. The first-order valence-electron chi connectivity index (χ1n) is 5.82. The maximum Gasteiger partial charge on any atom is 0.228 e. The van der Waals surface area contributed by atoms with E-state index in [1.165, 1.54) is 0 Å². The fourth-order valence-corrected chi connectivity index (χ4v) is 1.86. The summed E-state index contributed by atoms with van der Waals surface area (Å²) < 4.78 is 0. The molecule has 1 saturated heterocycles. The van der Waals surface area contributed by atoms with Crippen LogP contribution in [0.25, 0.3) is 0 Å². The molecule has 0 radical (unpaired) electrons. The number of anilines is 1. The van der Waals surface area contributed by atoms with Gasteiger partial charge in [-0.05, 0) is 19.2 Å². The first-order valence-corrected chi connectivity index (χ1v) is 5.82. The third kappa shape index (κ3) is 3.17. The molecule has 2 rings (SSSR count). The molecule has 0 bridgehead atoms. The van der Waals surface area contributed by atoms with Crippen LogP contribution in [0.3, 0.4) is 0 Å². The molecule has 1 aromatic heterocycles. The molecule has 0 unspecified atom stereocenters. The number of piperazine rings is 1. The van der Waals surface area contributed by atoms with E-state index in [0.717, 1.165) is 31.9 Å². The van der Waals surface area contributed by atoms with E-state index < -0.39 is 0 Å². The third-order valence-electron chi connectivity index (χ3n) is 3.04. The van der Waals surface area contributed by atoms with Gasteiger partial charge in [-0.1, -0.05) is 0 Å². The van der Waals surface area contributed by atoms with Crippen LogP contribution >= 0.6 is 0 Å². The lowest BCUT2D eigenvalue weighted by molar-refractivity contribution is -0.132. The van der Waals surface area contributed by atoms with Gasteiger partial charge in [-0.3, -0.25) is 9.78 Å². The van der Waals surface area contributed by atoms with Gasteiger partial charge in [0.15, 0.2) is 0 Å². The lowest BCUT2D eigenvalue weighted by Crippen LogP contribution is -2.47. The van der Waals surface area contributed by atoms with Crippen molar-refractivity contribution in [1.82, 2.24) is 14.8 Å². The summed E-state index contributed by atoms with van der Waals surface area (Å²) in [6.07, 6.45) is 1.95. The van der Waals surface area contributed by atoms with Gasteiger partial charge >= 0.3 is 0 Å². The SMILES string of the molecule is CN1CCN(C(=O)Cc2ccc(N)cn2)CC1. The smallest absolute Gasteiger partial charge is 0.228 e. The highest BCUT2D eigenvalue weighted by Gasteiger charge is 2.19. The molecule has 2 heterocycles. The van der Waals surface area contributed by atoms with Crippen molar-refractivity contribution in [2.24, 2.45) is 0 Å². The molecule has 17 heavy (non-hydrogen) atoms. The zero-order chi connectivity index (χ0) is 12.3. The number of hydrogen-bond acceptors (Lipinski definition) is 4. The number of nitrogen functional groups attached to an aromatic ring is 1. The number of hydrogen-bond donors (Lipinski definition) is 1. The molecule has 0 atom stereocenters. The van der Waals surface area contributed by atoms with Crippen molar-refractivity contribution in [1.29, 1.82) is 0 Å². The van der Waals surface area contributed by atoms with Gasteiger partial charge in [-0.25, -0.2) is 0 Å². The van der Waals surface area contributed by atoms with Crippen LogP contribution in [-0.2, 0) is 11.2 Å². The topological polar surface area (TPSA) is 62.5 Å². The number of amides is 1. The van der Waals surface area contributed by atoms with Crippen molar-refractivity contribution >= 4 is 11.6 Å². The molecule has 92 valence electrons. The van der Waals surface area contributed by atoms with E-state index in [0.29, 0.717) is 12.1 Å². The van der Waals surface area contributed by atoms with E-state index in [2.05, 4.69) is 16.9 Å². The van der Waals surface area contributed by atoms with E-state index in [9.17, 15) is 4.79 Å². The van der Waals surface area contributed by atoms with Crippen molar-refractivity contribution in [3.05, 3.63) is 24.0 Å². The third-order valence-corrected chi connectivity index (χ3v) is 3.04. The molecule has 5 heteroatoms. The highest BCUT2D eigenvalue weighted by molar-refractivity contribution is 5.78. The Hall–Kier alpha value is -1.62. The average Bonchev–Trinajstić information content (AvgIpc) is 2.33. The lowest BCUT2D eigenvalue weighted by atomic mass is 10.2. The Morgan fingerprint density at radius 2 is 2.06 bits per heavy atom. The minimum Gasteiger partial charge on any atom is -0.397 e. The van der Waals surface area contributed by atoms with Crippen LogP contribution in [0.2, 0.25) is 0 Å². The van der Waals surface area contributed by atoms with Crippen molar-refractivity contribution in [2.45, 2.75) is 6.42 Å². The first kappa shape index (κ1) is 11.9. The minimum absolute atomic E-state index is 0.148. The van der Waals surface area contributed by atoms with Crippen LogP contribution in [0.4, 0.5) is 5.69 Å². The van der Waals surface area contributed by atoms with Gasteiger partial charge in [-0.2, -0.15) is 0 Å². The molecule has 5 nitrogen and oxygen atoms in total. The van der Waals surface area contributed by atoms with E-state index in [4.69, 9.17) is 5.73 Å². The van der Waals surface area contributed by atoms with Crippen molar-refractivity contribution in [3.8, 4) is 0 Å². The Bertz CT molecular complexity index is 382. The molecule has 1 aromatic rings. The number of rotatable bonds is 2. The van der Waals surface area contributed by atoms with E-state index in [-0.39, 0.29) is 5.91 Å². The van der Waals surface area contributed by atoms with Crippen LogP contribution in [-0.4, -0.2) is 53.9 Å². The molecule has 1 aliphatic heterocycles. The molecule has 0 saturated carbocycles. The Balaban J connectivity index is 1.90. The number of carbonyl (C=O) groups excluding carboxylic acids is 1. The maximum atomic E-state index is 12.0. The van der Waals surface area contributed by atoms with Crippen molar-refractivity contribution in [2.75, 3.05) is 39.0 Å². The van der Waals surface area contributed by atoms with Gasteiger partial charge in [0.2, 0.25) is 5.91 Å². The molecule has 1 amide bonds. The predicted octanol–water partition coefficient (Wildman–Crippen LogP) is -0.0197. The van der Waals surface area contributed by atoms with E-state index in [1.807, 2.05) is 11.0 Å². The summed E-state index contributed by atoms with van der Waals surface area (Å²) in [5.74, 6) is 0.148. The summed E-state index contributed by atoms with van der Waals surface area (Å²) >= 11 is 0. The van der Waals surface area contributed by atoms with Gasteiger partial charge in [0.05, 0.1) is 18.3 Å². The molecule has 1 fully saturated rings. The van der Waals surface area contributed by atoms with Crippen molar-refractivity contribution < 1.29 is 4.79 Å². The number of pyridine rings is 1. The van der Waals surface area contributed by atoms with Gasteiger partial charge < -0.3 is 15.5 Å². The second-order valence-corrected chi connectivity index (χ2v) is 4.44. The number of aromatic nitrogens is 1. The summed E-state index contributed by atoms with van der Waals surface area (Å²) in [4.78, 5) is 20.3. The molecule has 0 spiro atoms. The first-order chi connectivity index (χ1) is 8.15. The van der Waals surface area contributed by atoms with Crippen LogP contribution in [0.15, 0.2) is 18.3 Å². The molecular formula is C12H18N4O. The number of nitrogens with zero attached hydrogens (tertiary/aromatic N) is 3. The van der Waals surface area contributed by atoms with Gasteiger partial charge in [0.25, 0.3) is 0 Å². The van der Waals surface area contributed by atoms with Gasteiger partial charge in [0.1, 0.15) is 0 Å². The summed E-state index contributed by atoms with van der Waals surface area (Å²) in [6, 6.07) is 3.59. The highest BCUT2D eigenvalue weighted by atomic mass is 16.2. The van der Waals surface area contributed by atoms with Crippen molar-refractivity contribution in [3.63, 3.8) is 0 Å². The normalized spacial score (nSPS) is 17.1.